The molecule has 0 saturated carbocycles. The van der Waals surface area contributed by atoms with Gasteiger partial charge in [0.05, 0.1) is 23.6 Å². The number of carbonyl (C=O) groups excluding carboxylic acids is 1. The number of carbonyl (C=O) groups is 1. The summed E-state index contributed by atoms with van der Waals surface area (Å²) in [6.07, 6.45) is 0. The molecule has 27 heavy (non-hydrogen) atoms. The lowest BCUT2D eigenvalue weighted by atomic mass is 10.1. The van der Waals surface area contributed by atoms with E-state index in [1.807, 2.05) is 12.1 Å². The number of nitrogens with zero attached hydrogens (tertiary/aromatic N) is 3. The Labute approximate surface area is 161 Å². The third kappa shape index (κ3) is 4.15. The second kappa shape index (κ2) is 7.85. The van der Waals surface area contributed by atoms with Crippen molar-refractivity contribution in [2.24, 2.45) is 0 Å². The third-order valence-corrected chi connectivity index (χ3v) is 4.26. The fraction of sp³-hybridized carbons (Fsp3) is 0.263. The molecule has 2 aromatic heterocycles. The van der Waals surface area contributed by atoms with E-state index in [4.69, 9.17) is 16.1 Å². The zero-order valence-corrected chi connectivity index (χ0v) is 15.9. The maximum absolute atomic E-state index is 12.6. The van der Waals surface area contributed by atoms with Gasteiger partial charge in [-0.05, 0) is 39.0 Å². The van der Waals surface area contributed by atoms with Crippen molar-refractivity contribution in [1.82, 2.24) is 20.4 Å². The zero-order chi connectivity index (χ0) is 19.6. The van der Waals surface area contributed by atoms with E-state index in [1.54, 1.807) is 39.0 Å². The SMILES string of the molecule is Cc1noc(C)c1-c1nc(C(=O)NC(C)CO)cc(-c2ccc(Cl)cc2)n1. The van der Waals surface area contributed by atoms with Crippen molar-refractivity contribution in [2.75, 3.05) is 6.61 Å². The Morgan fingerprint density at radius 2 is 1.96 bits per heavy atom. The van der Waals surface area contributed by atoms with E-state index in [-0.39, 0.29) is 12.3 Å². The van der Waals surface area contributed by atoms with E-state index in [1.165, 1.54) is 0 Å². The van der Waals surface area contributed by atoms with Crippen LogP contribution in [0.2, 0.25) is 5.02 Å². The predicted octanol–water partition coefficient (Wildman–Crippen LogP) is 3.18. The van der Waals surface area contributed by atoms with Gasteiger partial charge in [0.15, 0.2) is 5.82 Å². The van der Waals surface area contributed by atoms with Gasteiger partial charge in [0.25, 0.3) is 5.91 Å². The van der Waals surface area contributed by atoms with Crippen LogP contribution in [0.25, 0.3) is 22.6 Å². The molecule has 0 fully saturated rings. The molecule has 0 radical (unpaired) electrons. The topological polar surface area (TPSA) is 101 Å². The Bertz CT molecular complexity index is 950. The first-order valence-electron chi connectivity index (χ1n) is 8.39. The lowest BCUT2D eigenvalue weighted by Gasteiger charge is -2.12. The standard InChI is InChI=1S/C19H19ClN4O3/c1-10(9-25)21-19(26)16-8-15(13-4-6-14(20)7-5-13)22-18(23-16)17-11(2)24-27-12(17)3/h4-8,10,25H,9H2,1-3H3,(H,21,26). The van der Waals surface area contributed by atoms with Crippen molar-refractivity contribution in [1.29, 1.82) is 0 Å². The molecule has 8 heteroatoms. The van der Waals surface area contributed by atoms with E-state index in [2.05, 4.69) is 20.4 Å². The number of halogens is 1. The van der Waals surface area contributed by atoms with Crippen LogP contribution in [-0.2, 0) is 0 Å². The summed E-state index contributed by atoms with van der Waals surface area (Å²) in [5.74, 6) is 0.513. The number of aliphatic hydroxyl groups is 1. The summed E-state index contributed by atoms with van der Waals surface area (Å²) in [4.78, 5) is 21.6. The lowest BCUT2D eigenvalue weighted by molar-refractivity contribution is 0.0917. The van der Waals surface area contributed by atoms with Gasteiger partial charge in [-0.2, -0.15) is 0 Å². The number of aliphatic hydroxyl groups excluding tert-OH is 1. The summed E-state index contributed by atoms with van der Waals surface area (Å²) in [6, 6.07) is 8.35. The molecule has 0 bridgehead atoms. The Balaban J connectivity index is 2.13. The van der Waals surface area contributed by atoms with Crippen molar-refractivity contribution < 1.29 is 14.4 Å². The number of rotatable bonds is 5. The molecule has 0 aliphatic heterocycles. The maximum atomic E-state index is 12.6. The number of aryl methyl sites for hydroxylation is 2. The molecule has 0 aliphatic rings. The quantitative estimate of drug-likeness (QED) is 0.698. The summed E-state index contributed by atoms with van der Waals surface area (Å²) in [6.45, 7) is 5.09. The average Bonchev–Trinajstić information content (AvgIpc) is 3.00. The Morgan fingerprint density at radius 3 is 2.56 bits per heavy atom. The second-order valence-corrected chi connectivity index (χ2v) is 6.66. The maximum Gasteiger partial charge on any atom is 0.270 e. The fourth-order valence-electron chi connectivity index (χ4n) is 2.59. The smallest absolute Gasteiger partial charge is 0.270 e. The van der Waals surface area contributed by atoms with Crippen LogP contribution >= 0.6 is 11.6 Å². The van der Waals surface area contributed by atoms with Gasteiger partial charge in [0.1, 0.15) is 11.5 Å². The highest BCUT2D eigenvalue weighted by Crippen LogP contribution is 2.27. The Kier molecular flexibility index (Phi) is 5.53. The highest BCUT2D eigenvalue weighted by Gasteiger charge is 2.20. The van der Waals surface area contributed by atoms with Gasteiger partial charge in [-0.15, -0.1) is 0 Å². The minimum Gasteiger partial charge on any atom is -0.394 e. The van der Waals surface area contributed by atoms with E-state index in [9.17, 15) is 9.90 Å². The molecule has 0 spiro atoms. The number of amides is 1. The highest BCUT2D eigenvalue weighted by molar-refractivity contribution is 6.30. The number of aromatic nitrogens is 3. The normalized spacial score (nSPS) is 12.0. The van der Waals surface area contributed by atoms with Gasteiger partial charge in [0.2, 0.25) is 0 Å². The van der Waals surface area contributed by atoms with Crippen LogP contribution < -0.4 is 5.32 Å². The number of hydrogen-bond donors (Lipinski definition) is 2. The monoisotopic (exact) mass is 386 g/mol. The summed E-state index contributed by atoms with van der Waals surface area (Å²) < 4.78 is 5.21. The minimum atomic E-state index is -0.401. The van der Waals surface area contributed by atoms with Crippen LogP contribution in [0, 0.1) is 13.8 Å². The number of nitrogens with one attached hydrogen (secondary N) is 1. The van der Waals surface area contributed by atoms with Gasteiger partial charge >= 0.3 is 0 Å². The van der Waals surface area contributed by atoms with Crippen molar-refractivity contribution in [3.05, 3.63) is 52.5 Å². The van der Waals surface area contributed by atoms with E-state index in [0.29, 0.717) is 33.6 Å². The van der Waals surface area contributed by atoms with Crippen molar-refractivity contribution >= 4 is 17.5 Å². The second-order valence-electron chi connectivity index (χ2n) is 6.23. The zero-order valence-electron chi connectivity index (χ0n) is 15.2. The molecule has 1 unspecified atom stereocenters. The predicted molar refractivity (Wildman–Crippen MR) is 101 cm³/mol. The lowest BCUT2D eigenvalue weighted by Crippen LogP contribution is -2.35. The first kappa shape index (κ1) is 19.0. The molecule has 140 valence electrons. The molecule has 7 nitrogen and oxygen atoms in total. The first-order valence-corrected chi connectivity index (χ1v) is 8.77. The van der Waals surface area contributed by atoms with Crippen LogP contribution in [0.5, 0.6) is 0 Å². The summed E-state index contributed by atoms with van der Waals surface area (Å²) >= 11 is 5.97. The molecule has 3 aromatic rings. The van der Waals surface area contributed by atoms with Gasteiger partial charge in [-0.25, -0.2) is 9.97 Å². The summed E-state index contributed by atoms with van der Waals surface area (Å²) in [5.41, 5.74) is 2.83. The molecule has 0 aliphatic carbocycles. The fourth-order valence-corrected chi connectivity index (χ4v) is 2.72. The molecule has 0 saturated heterocycles. The molecule has 1 aromatic carbocycles. The van der Waals surface area contributed by atoms with E-state index >= 15 is 0 Å². The van der Waals surface area contributed by atoms with Crippen molar-refractivity contribution in [2.45, 2.75) is 26.8 Å². The minimum absolute atomic E-state index is 0.169. The molecule has 2 N–H and O–H groups in total. The van der Waals surface area contributed by atoms with Gasteiger partial charge in [0, 0.05) is 16.6 Å². The molecule has 3 rings (SSSR count). The molecular weight excluding hydrogens is 368 g/mol. The number of hydrogen-bond acceptors (Lipinski definition) is 6. The summed E-state index contributed by atoms with van der Waals surface area (Å²) in [5, 5.41) is 16.4. The van der Waals surface area contributed by atoms with Crippen LogP contribution in [0.1, 0.15) is 28.9 Å². The summed E-state index contributed by atoms with van der Waals surface area (Å²) in [7, 11) is 0. The number of benzene rings is 1. The Morgan fingerprint density at radius 1 is 1.26 bits per heavy atom. The van der Waals surface area contributed by atoms with Crippen LogP contribution in [0.4, 0.5) is 0 Å². The van der Waals surface area contributed by atoms with Crippen LogP contribution in [-0.4, -0.2) is 38.8 Å². The van der Waals surface area contributed by atoms with Gasteiger partial charge in [-0.1, -0.05) is 28.9 Å². The molecule has 2 heterocycles. The largest absolute Gasteiger partial charge is 0.394 e. The third-order valence-electron chi connectivity index (χ3n) is 4.01. The average molecular weight is 387 g/mol. The van der Waals surface area contributed by atoms with Crippen molar-refractivity contribution in [3.8, 4) is 22.6 Å². The molecular formula is C19H19ClN4O3. The molecule has 1 amide bonds. The molecule has 1 atom stereocenters. The van der Waals surface area contributed by atoms with Crippen LogP contribution in [0.3, 0.4) is 0 Å². The first-order chi connectivity index (χ1) is 12.9. The highest BCUT2D eigenvalue weighted by atomic mass is 35.5. The van der Waals surface area contributed by atoms with E-state index < -0.39 is 11.9 Å². The Hall–Kier alpha value is -2.77. The van der Waals surface area contributed by atoms with Crippen LogP contribution in [0.15, 0.2) is 34.9 Å². The van der Waals surface area contributed by atoms with Crippen molar-refractivity contribution in [3.63, 3.8) is 0 Å². The van der Waals surface area contributed by atoms with E-state index in [0.717, 1.165) is 5.56 Å². The van der Waals surface area contributed by atoms with Gasteiger partial charge < -0.3 is 14.9 Å². The van der Waals surface area contributed by atoms with Gasteiger partial charge in [-0.3, -0.25) is 4.79 Å².